The smallest absolute Gasteiger partial charge is 0.462 e. The van der Waals surface area contributed by atoms with E-state index in [0.717, 1.165) is 0 Å². The third kappa shape index (κ3) is 4.23. The van der Waals surface area contributed by atoms with Crippen molar-refractivity contribution >= 4 is 11.9 Å². The van der Waals surface area contributed by atoms with Gasteiger partial charge in [-0.25, -0.2) is 9.59 Å². The Bertz CT molecular complexity index is 515. The van der Waals surface area contributed by atoms with Crippen molar-refractivity contribution in [3.8, 4) is 0 Å². The molecular weight excluding hydrogens is 360 g/mol. The number of halogens is 8. The lowest BCUT2D eigenvalue weighted by Gasteiger charge is -2.35. The number of alkyl halides is 8. The predicted molar refractivity (Wildman–Crippen MR) is 61.9 cm³/mol. The lowest BCUT2D eigenvalue weighted by molar-refractivity contribution is -0.416. The molecule has 4 nitrogen and oxygen atoms in total. The van der Waals surface area contributed by atoms with Crippen LogP contribution in [-0.2, 0) is 19.1 Å². The number of esters is 2. The van der Waals surface area contributed by atoms with E-state index in [0.29, 0.717) is 6.08 Å². The summed E-state index contributed by atoms with van der Waals surface area (Å²) in [6.07, 6.45) is -8.06. The number of rotatable bonds is 9. The maximum atomic E-state index is 13.3. The summed E-state index contributed by atoms with van der Waals surface area (Å²) < 4.78 is 112. The molecule has 0 heterocycles. The molecule has 24 heavy (non-hydrogen) atoms. The number of carbonyl (C=O) groups excluding carboxylic acids is 2. The fourth-order valence-electron chi connectivity index (χ4n) is 1.14. The first-order valence-corrected chi connectivity index (χ1v) is 5.82. The molecule has 12 heteroatoms. The fourth-order valence-corrected chi connectivity index (χ4v) is 1.14. The Morgan fingerprint density at radius 3 is 1.71 bits per heavy atom. The van der Waals surface area contributed by atoms with Crippen LogP contribution in [-0.4, -0.2) is 42.4 Å². The summed E-state index contributed by atoms with van der Waals surface area (Å²) in [7, 11) is 0. The number of ether oxygens (including phenoxy) is 2. The Labute approximate surface area is 129 Å². The molecule has 0 bridgehead atoms. The monoisotopic (exact) mass is 370 g/mol. The van der Waals surface area contributed by atoms with Gasteiger partial charge in [0.05, 0.1) is 13.0 Å². The highest BCUT2D eigenvalue weighted by Gasteiger charge is 2.82. The first kappa shape index (κ1) is 21.9. The van der Waals surface area contributed by atoms with Crippen molar-refractivity contribution in [3.05, 3.63) is 25.3 Å². The first-order chi connectivity index (χ1) is 10.7. The normalized spacial score (nSPS) is 13.2. The zero-order chi connectivity index (χ0) is 19.4. The van der Waals surface area contributed by atoms with Crippen LogP contribution in [0.2, 0.25) is 0 Å². The molecule has 0 aromatic carbocycles. The van der Waals surface area contributed by atoms with E-state index < -0.39 is 48.8 Å². The van der Waals surface area contributed by atoms with Gasteiger partial charge >= 0.3 is 35.8 Å². The number of hydrogen-bond acceptors (Lipinski definition) is 4. The number of hydrogen-bond donors (Lipinski definition) is 0. The van der Waals surface area contributed by atoms with Crippen LogP contribution in [0.3, 0.4) is 0 Å². The summed E-state index contributed by atoms with van der Waals surface area (Å²) in [5.74, 6) is -22.7. The molecule has 0 rings (SSSR count). The lowest BCUT2D eigenvalue weighted by Crippen LogP contribution is -2.63. The molecule has 0 spiro atoms. The summed E-state index contributed by atoms with van der Waals surface area (Å²) >= 11 is 0. The second-order valence-electron chi connectivity index (χ2n) is 4.12. The zero-order valence-electron chi connectivity index (χ0n) is 11.6. The van der Waals surface area contributed by atoms with Crippen LogP contribution in [0.5, 0.6) is 0 Å². The topological polar surface area (TPSA) is 52.6 Å². The van der Waals surface area contributed by atoms with Crippen molar-refractivity contribution in [2.24, 2.45) is 0 Å². The van der Waals surface area contributed by atoms with Crippen LogP contribution in [0, 0.1) is 0 Å². The quantitative estimate of drug-likeness (QED) is 0.355. The van der Waals surface area contributed by atoms with E-state index in [9.17, 15) is 44.7 Å². The van der Waals surface area contributed by atoms with E-state index >= 15 is 0 Å². The third-order valence-corrected chi connectivity index (χ3v) is 2.44. The van der Waals surface area contributed by atoms with Crippen LogP contribution in [0.25, 0.3) is 0 Å². The molecule has 0 aliphatic rings. The summed E-state index contributed by atoms with van der Waals surface area (Å²) in [5, 5.41) is 0. The van der Waals surface area contributed by atoms with Gasteiger partial charge in [0.2, 0.25) is 0 Å². The molecule has 0 amide bonds. The third-order valence-electron chi connectivity index (χ3n) is 2.44. The van der Waals surface area contributed by atoms with Gasteiger partial charge in [0, 0.05) is 12.2 Å². The fraction of sp³-hybridized carbons (Fsp3) is 0.500. The van der Waals surface area contributed by atoms with Crippen LogP contribution in [0.1, 0.15) is 6.42 Å². The largest absolute Gasteiger partial charge is 0.473 e. The second kappa shape index (κ2) is 7.18. The van der Waals surface area contributed by atoms with E-state index in [2.05, 4.69) is 22.6 Å². The highest BCUT2D eigenvalue weighted by atomic mass is 19.4. The van der Waals surface area contributed by atoms with Crippen molar-refractivity contribution in [3.63, 3.8) is 0 Å². The maximum Gasteiger partial charge on any atom is 0.473 e. The molecule has 0 unspecified atom stereocenters. The highest BCUT2D eigenvalue weighted by molar-refractivity contribution is 5.81. The van der Waals surface area contributed by atoms with E-state index in [1.165, 1.54) is 0 Å². The molecule has 0 aliphatic carbocycles. The average molecular weight is 370 g/mol. The van der Waals surface area contributed by atoms with Crippen LogP contribution >= 0.6 is 0 Å². The van der Waals surface area contributed by atoms with Crippen molar-refractivity contribution in [1.29, 1.82) is 0 Å². The van der Waals surface area contributed by atoms with Crippen molar-refractivity contribution in [2.45, 2.75) is 30.3 Å². The molecule has 0 saturated heterocycles. The Balaban J connectivity index is 5.41. The lowest BCUT2D eigenvalue weighted by atomic mass is 10.0. The molecule has 0 fully saturated rings. The van der Waals surface area contributed by atoms with E-state index in [1.54, 1.807) is 0 Å². The van der Waals surface area contributed by atoms with Crippen molar-refractivity contribution in [1.82, 2.24) is 0 Å². The molecule has 0 radical (unpaired) electrons. The van der Waals surface area contributed by atoms with Gasteiger partial charge in [-0.2, -0.15) is 35.1 Å². The standard InChI is InChI=1S/C12H10F8O4/c1-3-7(21)23-6-5-9(13,14)10(15,16)11(17,18)12(19,20)24-8(22)4-2/h3-4H,1-2,5-6H2. The molecule has 0 saturated carbocycles. The molecule has 0 aliphatic heterocycles. The van der Waals surface area contributed by atoms with Gasteiger partial charge in [-0.15, -0.1) is 0 Å². The van der Waals surface area contributed by atoms with Gasteiger partial charge in [0.1, 0.15) is 0 Å². The minimum atomic E-state index is -6.77. The summed E-state index contributed by atoms with van der Waals surface area (Å²) in [5.41, 5.74) is 0. The van der Waals surface area contributed by atoms with E-state index in [-0.39, 0.29) is 6.08 Å². The second-order valence-corrected chi connectivity index (χ2v) is 4.12. The Hall–Kier alpha value is -2.14. The minimum absolute atomic E-state index is 0.0605. The van der Waals surface area contributed by atoms with Crippen molar-refractivity contribution in [2.75, 3.05) is 6.61 Å². The molecule has 0 N–H and O–H groups in total. The Morgan fingerprint density at radius 1 is 0.833 bits per heavy atom. The molecular formula is C12H10F8O4. The number of carbonyl (C=O) groups is 2. The Kier molecular flexibility index (Phi) is 6.54. The van der Waals surface area contributed by atoms with Crippen LogP contribution in [0.4, 0.5) is 35.1 Å². The van der Waals surface area contributed by atoms with Gasteiger partial charge in [-0.1, -0.05) is 13.2 Å². The molecule has 0 atom stereocenters. The first-order valence-electron chi connectivity index (χ1n) is 5.82. The van der Waals surface area contributed by atoms with E-state index in [4.69, 9.17) is 0 Å². The maximum absolute atomic E-state index is 13.3. The van der Waals surface area contributed by atoms with Crippen molar-refractivity contribution < 1.29 is 54.2 Å². The van der Waals surface area contributed by atoms with E-state index in [1.807, 2.05) is 0 Å². The molecule has 0 aromatic heterocycles. The molecule has 0 aromatic rings. The zero-order valence-corrected chi connectivity index (χ0v) is 11.6. The van der Waals surface area contributed by atoms with Crippen LogP contribution < -0.4 is 0 Å². The summed E-state index contributed by atoms with van der Waals surface area (Å²) in [6, 6.07) is 0. The SMILES string of the molecule is C=CC(=O)OCCC(F)(F)C(F)(F)C(F)(F)C(F)(F)OC(=O)C=C. The summed E-state index contributed by atoms with van der Waals surface area (Å²) in [6.45, 7) is 3.92. The molecule has 138 valence electrons. The Morgan fingerprint density at radius 2 is 1.29 bits per heavy atom. The average Bonchev–Trinajstić information content (AvgIpc) is 2.45. The van der Waals surface area contributed by atoms with Gasteiger partial charge in [0.25, 0.3) is 0 Å². The van der Waals surface area contributed by atoms with Gasteiger partial charge < -0.3 is 9.47 Å². The van der Waals surface area contributed by atoms with Crippen LogP contribution in [0.15, 0.2) is 25.3 Å². The van der Waals surface area contributed by atoms with Gasteiger partial charge in [-0.3, -0.25) is 0 Å². The predicted octanol–water partition coefficient (Wildman–Crippen LogP) is 3.33. The summed E-state index contributed by atoms with van der Waals surface area (Å²) in [4.78, 5) is 21.0. The highest BCUT2D eigenvalue weighted by Crippen LogP contribution is 2.53. The van der Waals surface area contributed by atoms with Gasteiger partial charge in [0.15, 0.2) is 0 Å². The van der Waals surface area contributed by atoms with Gasteiger partial charge in [-0.05, 0) is 0 Å². The minimum Gasteiger partial charge on any atom is -0.462 e.